The molecule has 5 heteroatoms. The summed E-state index contributed by atoms with van der Waals surface area (Å²) in [6, 6.07) is 7.03. The van der Waals surface area contributed by atoms with Gasteiger partial charge in [-0.2, -0.15) is 0 Å². The van der Waals surface area contributed by atoms with Crippen LogP contribution in [0.5, 0.6) is 17.2 Å². The number of phenols is 3. The van der Waals surface area contributed by atoms with Crippen LogP contribution >= 0.6 is 0 Å². The summed E-state index contributed by atoms with van der Waals surface area (Å²) in [6.07, 6.45) is 0. The molecule has 0 aliphatic rings. The van der Waals surface area contributed by atoms with E-state index in [-0.39, 0.29) is 33.5 Å². The third kappa shape index (κ3) is 4.55. The Bertz CT molecular complexity index is 1380. The minimum absolute atomic E-state index is 0.0998. The fourth-order valence-corrected chi connectivity index (χ4v) is 4.76. The first-order valence-corrected chi connectivity index (χ1v) is 12.2. The van der Waals surface area contributed by atoms with E-state index in [0.717, 1.165) is 27.8 Å². The van der Waals surface area contributed by atoms with Gasteiger partial charge in [-0.1, -0.05) is 47.6 Å². The largest absolute Gasteiger partial charge is 0.507 e. The summed E-state index contributed by atoms with van der Waals surface area (Å²) >= 11 is 0. The Balaban J connectivity index is 2.54. The summed E-state index contributed by atoms with van der Waals surface area (Å²) in [5, 5.41) is 43.8. The van der Waals surface area contributed by atoms with Gasteiger partial charge in [0, 0.05) is 27.8 Å². The van der Waals surface area contributed by atoms with E-state index in [4.69, 9.17) is 0 Å². The van der Waals surface area contributed by atoms with Crippen molar-refractivity contribution in [2.24, 2.45) is 0 Å². The number of carboxylic acids is 1. The van der Waals surface area contributed by atoms with Crippen LogP contribution in [0.3, 0.4) is 0 Å². The molecule has 0 spiro atoms. The molecule has 0 atom stereocenters. The van der Waals surface area contributed by atoms with Crippen molar-refractivity contribution >= 4 is 5.97 Å². The lowest BCUT2D eigenvalue weighted by Crippen LogP contribution is -2.17. The second-order valence-electron chi connectivity index (χ2n) is 11.9. The molecule has 192 valence electrons. The summed E-state index contributed by atoms with van der Waals surface area (Å²) < 4.78 is 0. The van der Waals surface area contributed by atoms with E-state index < -0.39 is 11.7 Å². The molecular weight excluding hydrogens is 452 g/mol. The summed E-state index contributed by atoms with van der Waals surface area (Å²) in [7, 11) is 0. The molecule has 0 saturated heterocycles. The van der Waals surface area contributed by atoms with Crippen molar-refractivity contribution in [1.29, 1.82) is 0 Å². The smallest absolute Gasteiger partial charge is 0.339 e. The number of rotatable bonds is 3. The Labute approximate surface area is 214 Å². The highest BCUT2D eigenvalue weighted by Gasteiger charge is 2.30. The van der Waals surface area contributed by atoms with E-state index in [0.29, 0.717) is 22.3 Å². The van der Waals surface area contributed by atoms with E-state index in [1.165, 1.54) is 6.07 Å². The van der Waals surface area contributed by atoms with Crippen LogP contribution < -0.4 is 0 Å². The number of benzene rings is 3. The molecule has 0 unspecified atom stereocenters. The number of hydrogen-bond acceptors (Lipinski definition) is 4. The zero-order chi connectivity index (χ0) is 27.5. The molecule has 0 aliphatic carbocycles. The topological polar surface area (TPSA) is 98.0 Å². The first-order chi connectivity index (χ1) is 16.4. The second-order valence-corrected chi connectivity index (χ2v) is 11.9. The zero-order valence-corrected chi connectivity index (χ0v) is 23.0. The minimum atomic E-state index is -1.25. The van der Waals surface area contributed by atoms with E-state index in [1.54, 1.807) is 13.0 Å². The van der Waals surface area contributed by atoms with Crippen LogP contribution in [0.1, 0.15) is 85.3 Å². The van der Waals surface area contributed by atoms with Crippen LogP contribution in [0.15, 0.2) is 24.3 Å². The lowest BCUT2D eigenvalue weighted by molar-refractivity contribution is 0.0693. The summed E-state index contributed by atoms with van der Waals surface area (Å²) in [4.78, 5) is 11.8. The van der Waals surface area contributed by atoms with Crippen LogP contribution in [0.2, 0.25) is 0 Å². The third-order valence-electron chi connectivity index (χ3n) is 7.16. The molecule has 3 aromatic carbocycles. The van der Waals surface area contributed by atoms with Crippen molar-refractivity contribution < 1.29 is 25.2 Å². The van der Waals surface area contributed by atoms with Crippen LogP contribution in [0.25, 0.3) is 22.3 Å². The molecular formula is C31H38O5. The van der Waals surface area contributed by atoms with E-state index in [1.807, 2.05) is 53.7 Å². The van der Waals surface area contributed by atoms with Gasteiger partial charge in [-0.05, 0) is 84.5 Å². The van der Waals surface area contributed by atoms with Crippen molar-refractivity contribution in [3.8, 4) is 39.5 Å². The molecule has 0 radical (unpaired) electrons. The minimum Gasteiger partial charge on any atom is -0.507 e. The van der Waals surface area contributed by atoms with Crippen molar-refractivity contribution in [2.75, 3.05) is 0 Å². The Morgan fingerprint density at radius 2 is 1.14 bits per heavy atom. The lowest BCUT2D eigenvalue weighted by atomic mass is 9.77. The van der Waals surface area contributed by atoms with Gasteiger partial charge >= 0.3 is 5.97 Å². The van der Waals surface area contributed by atoms with Gasteiger partial charge in [-0.25, -0.2) is 4.79 Å². The fraction of sp³-hybridized carbons (Fsp3) is 0.387. The Kier molecular flexibility index (Phi) is 6.69. The summed E-state index contributed by atoms with van der Waals surface area (Å²) in [6.45, 7) is 19.8. The number of aryl methyl sites for hydroxylation is 1. The average molecular weight is 491 g/mol. The molecule has 36 heavy (non-hydrogen) atoms. The first-order valence-electron chi connectivity index (χ1n) is 12.2. The summed E-state index contributed by atoms with van der Waals surface area (Å²) in [5.74, 6) is -1.65. The Morgan fingerprint density at radius 3 is 1.58 bits per heavy atom. The van der Waals surface area contributed by atoms with Crippen molar-refractivity contribution in [3.63, 3.8) is 0 Å². The molecule has 5 nitrogen and oxygen atoms in total. The highest BCUT2D eigenvalue weighted by atomic mass is 16.4. The quantitative estimate of drug-likeness (QED) is 0.302. The number of carboxylic acid groups (broad SMARTS) is 1. The molecule has 3 aromatic rings. The maximum atomic E-state index is 11.8. The number of aromatic carboxylic acids is 1. The van der Waals surface area contributed by atoms with Gasteiger partial charge in [0.15, 0.2) is 0 Å². The van der Waals surface area contributed by atoms with Crippen LogP contribution in [0.4, 0.5) is 0 Å². The van der Waals surface area contributed by atoms with Crippen LogP contribution in [-0.4, -0.2) is 26.4 Å². The van der Waals surface area contributed by atoms with Gasteiger partial charge in [0.1, 0.15) is 22.8 Å². The molecule has 0 bridgehead atoms. The predicted octanol–water partition coefficient (Wildman–Crippen LogP) is 7.66. The molecule has 3 rings (SSSR count). The van der Waals surface area contributed by atoms with Gasteiger partial charge in [0.2, 0.25) is 0 Å². The predicted molar refractivity (Wildman–Crippen MR) is 146 cm³/mol. The highest BCUT2D eigenvalue weighted by Crippen LogP contribution is 2.51. The average Bonchev–Trinajstić information content (AvgIpc) is 2.73. The Morgan fingerprint density at radius 1 is 0.639 bits per heavy atom. The third-order valence-corrected chi connectivity index (χ3v) is 7.16. The van der Waals surface area contributed by atoms with Crippen LogP contribution in [-0.2, 0) is 10.8 Å². The maximum Gasteiger partial charge on any atom is 0.339 e. The maximum absolute atomic E-state index is 11.8. The normalized spacial score (nSPS) is 12.2. The summed E-state index contributed by atoms with van der Waals surface area (Å²) in [5.41, 5.74) is 5.66. The van der Waals surface area contributed by atoms with E-state index >= 15 is 0 Å². The first kappa shape index (κ1) is 27.1. The van der Waals surface area contributed by atoms with Gasteiger partial charge in [-0.3, -0.25) is 0 Å². The van der Waals surface area contributed by atoms with E-state index in [2.05, 4.69) is 20.8 Å². The number of hydrogen-bond donors (Lipinski definition) is 4. The molecule has 0 aliphatic heterocycles. The van der Waals surface area contributed by atoms with Crippen molar-refractivity contribution in [3.05, 3.63) is 63.2 Å². The Hall–Kier alpha value is -3.47. The fourth-order valence-electron chi connectivity index (χ4n) is 4.76. The van der Waals surface area contributed by atoms with Gasteiger partial charge < -0.3 is 20.4 Å². The number of phenolic OH excluding ortho intramolecular Hbond substituents is 2. The van der Waals surface area contributed by atoms with Crippen LogP contribution in [0, 0.1) is 27.7 Å². The molecule has 0 fully saturated rings. The monoisotopic (exact) mass is 490 g/mol. The molecule has 0 heterocycles. The molecule has 0 amide bonds. The SMILES string of the molecule is Cc1cc(C(=O)O)c(O)c(-c2c(C)c(C)c(C)c(-c3cc(C(C)(C)C)cc(C(C)(C)C)c3O)c2O)c1. The molecule has 4 N–H and O–H groups in total. The lowest BCUT2D eigenvalue weighted by Gasteiger charge is -2.29. The van der Waals surface area contributed by atoms with Gasteiger partial charge in [0.25, 0.3) is 0 Å². The number of carbonyl (C=O) groups is 1. The van der Waals surface area contributed by atoms with E-state index in [9.17, 15) is 25.2 Å². The second kappa shape index (κ2) is 8.88. The number of aromatic hydroxyl groups is 3. The molecule has 0 aromatic heterocycles. The highest BCUT2D eigenvalue weighted by molar-refractivity contribution is 5.98. The van der Waals surface area contributed by atoms with Gasteiger partial charge in [0.05, 0.1) is 0 Å². The van der Waals surface area contributed by atoms with Crippen molar-refractivity contribution in [2.45, 2.75) is 80.1 Å². The molecule has 0 saturated carbocycles. The standard InChI is InChI=1S/C31H38O5/c1-15-11-20(26(32)22(12-15)29(35)36)24-17(3)16(2)18(4)25(28(24)34)21-13-19(30(5,6)7)14-23(27(21)33)31(8,9)10/h11-14,32-34H,1-10H3,(H,35,36). The van der Waals surface area contributed by atoms with Gasteiger partial charge in [-0.15, -0.1) is 0 Å². The zero-order valence-electron chi connectivity index (χ0n) is 23.0. The van der Waals surface area contributed by atoms with Crippen molar-refractivity contribution in [1.82, 2.24) is 0 Å².